The van der Waals surface area contributed by atoms with Gasteiger partial charge in [0.05, 0.1) is 9.21 Å². The molecule has 0 spiro atoms. The molecule has 2 aromatic heterocycles. The van der Waals surface area contributed by atoms with Gasteiger partial charge in [0.2, 0.25) is 0 Å². The zero-order valence-corrected chi connectivity index (χ0v) is 15.2. The SMILES string of the molecule is CNCCCNC(=O)c1csc(-c2ccc(Cl)s2)n1.Cl.Cl. The monoisotopic (exact) mass is 387 g/mol. The molecule has 0 aliphatic rings. The number of carbonyl (C=O) groups is 1. The van der Waals surface area contributed by atoms with Gasteiger partial charge in [-0.1, -0.05) is 11.6 Å². The lowest BCUT2D eigenvalue weighted by Gasteiger charge is -2.02. The average Bonchev–Trinajstić information content (AvgIpc) is 3.02. The fourth-order valence-corrected chi connectivity index (χ4v) is 3.39. The molecule has 0 fully saturated rings. The molecule has 118 valence electrons. The summed E-state index contributed by atoms with van der Waals surface area (Å²) < 4.78 is 0.725. The van der Waals surface area contributed by atoms with Gasteiger partial charge in [-0.05, 0) is 32.1 Å². The highest BCUT2D eigenvalue weighted by molar-refractivity contribution is 7.23. The molecule has 2 rings (SSSR count). The number of nitrogens with zero attached hydrogens (tertiary/aromatic N) is 1. The molecule has 4 nitrogen and oxygen atoms in total. The standard InChI is InChI=1S/C12H14ClN3OS2.2ClH/c1-14-5-2-6-15-11(17)8-7-18-12(16-8)9-3-4-10(13)19-9;;/h3-4,7,14H,2,5-6H2,1H3,(H,15,17);2*1H. The van der Waals surface area contributed by atoms with Gasteiger partial charge < -0.3 is 10.6 Å². The molecule has 2 aromatic rings. The molecule has 9 heteroatoms. The highest BCUT2D eigenvalue weighted by atomic mass is 35.5. The molecule has 0 aliphatic heterocycles. The van der Waals surface area contributed by atoms with Gasteiger partial charge >= 0.3 is 0 Å². The highest BCUT2D eigenvalue weighted by Gasteiger charge is 2.12. The number of thiazole rings is 1. The van der Waals surface area contributed by atoms with Crippen LogP contribution in [0.2, 0.25) is 4.34 Å². The maximum Gasteiger partial charge on any atom is 0.270 e. The molecular weight excluding hydrogens is 373 g/mol. The van der Waals surface area contributed by atoms with Crippen molar-refractivity contribution in [1.29, 1.82) is 0 Å². The molecule has 0 aromatic carbocycles. The number of nitrogens with one attached hydrogen (secondary N) is 2. The Labute approximate surface area is 149 Å². The van der Waals surface area contributed by atoms with Gasteiger partial charge in [0.1, 0.15) is 10.7 Å². The fourth-order valence-electron chi connectivity index (χ4n) is 1.48. The third-order valence-electron chi connectivity index (χ3n) is 2.41. The number of amides is 1. The Balaban J connectivity index is 0.00000200. The van der Waals surface area contributed by atoms with Crippen LogP contribution in [0.4, 0.5) is 0 Å². The van der Waals surface area contributed by atoms with Crippen LogP contribution in [0.15, 0.2) is 17.5 Å². The minimum Gasteiger partial charge on any atom is -0.351 e. The van der Waals surface area contributed by atoms with Crippen LogP contribution < -0.4 is 10.6 Å². The van der Waals surface area contributed by atoms with Gasteiger partial charge in [0.15, 0.2) is 0 Å². The molecule has 0 bridgehead atoms. The number of aromatic nitrogens is 1. The van der Waals surface area contributed by atoms with Gasteiger partial charge in [-0.3, -0.25) is 4.79 Å². The van der Waals surface area contributed by atoms with Crippen LogP contribution in [-0.2, 0) is 0 Å². The third kappa shape index (κ3) is 6.10. The number of thiophene rings is 1. The number of hydrogen-bond acceptors (Lipinski definition) is 5. The minimum atomic E-state index is -0.124. The molecule has 1 amide bonds. The topological polar surface area (TPSA) is 54.0 Å². The van der Waals surface area contributed by atoms with Crippen molar-refractivity contribution in [2.45, 2.75) is 6.42 Å². The number of rotatable bonds is 6. The zero-order chi connectivity index (χ0) is 13.7. The van der Waals surface area contributed by atoms with E-state index in [0.717, 1.165) is 27.2 Å². The Morgan fingerprint density at radius 2 is 2.10 bits per heavy atom. The molecule has 2 N–H and O–H groups in total. The van der Waals surface area contributed by atoms with Gasteiger partial charge in [-0.25, -0.2) is 4.98 Å². The van der Waals surface area contributed by atoms with Crippen LogP contribution in [0.3, 0.4) is 0 Å². The van der Waals surface area contributed by atoms with Gasteiger partial charge in [0.25, 0.3) is 5.91 Å². The maximum absolute atomic E-state index is 11.8. The molecule has 2 heterocycles. The average molecular weight is 389 g/mol. The molecule has 0 saturated carbocycles. The first-order valence-corrected chi connectivity index (χ1v) is 7.92. The lowest BCUT2D eigenvalue weighted by molar-refractivity contribution is 0.0949. The number of hydrogen-bond donors (Lipinski definition) is 2. The second-order valence-electron chi connectivity index (χ2n) is 3.85. The van der Waals surface area contributed by atoms with Gasteiger partial charge in [0, 0.05) is 11.9 Å². The van der Waals surface area contributed by atoms with E-state index in [9.17, 15) is 4.79 Å². The van der Waals surface area contributed by atoms with Crippen molar-refractivity contribution < 1.29 is 4.79 Å². The third-order valence-corrected chi connectivity index (χ3v) is 4.65. The largest absolute Gasteiger partial charge is 0.351 e. The summed E-state index contributed by atoms with van der Waals surface area (Å²) in [5.74, 6) is -0.124. The molecule has 0 unspecified atom stereocenters. The summed E-state index contributed by atoms with van der Waals surface area (Å²) in [7, 11) is 1.89. The summed E-state index contributed by atoms with van der Waals surface area (Å²) in [4.78, 5) is 17.2. The number of halogens is 3. The van der Waals surface area contributed by atoms with E-state index >= 15 is 0 Å². The maximum atomic E-state index is 11.8. The van der Waals surface area contributed by atoms with Gasteiger partial charge in [-0.2, -0.15) is 0 Å². The summed E-state index contributed by atoms with van der Waals surface area (Å²) >= 11 is 8.81. The lowest BCUT2D eigenvalue weighted by atomic mass is 10.4. The first-order chi connectivity index (χ1) is 9.20. The molecule has 0 saturated heterocycles. The second-order valence-corrected chi connectivity index (χ2v) is 6.43. The Morgan fingerprint density at radius 1 is 1.33 bits per heavy atom. The molecule has 0 atom stereocenters. The van der Waals surface area contributed by atoms with E-state index in [1.165, 1.54) is 22.7 Å². The van der Waals surface area contributed by atoms with Crippen molar-refractivity contribution in [2.75, 3.05) is 20.1 Å². The summed E-state index contributed by atoms with van der Waals surface area (Å²) in [6.45, 7) is 1.54. The van der Waals surface area contributed by atoms with Crippen LogP contribution in [0.1, 0.15) is 16.9 Å². The van der Waals surface area contributed by atoms with Crippen molar-refractivity contribution in [3.63, 3.8) is 0 Å². The number of carbonyl (C=O) groups excluding carboxylic acids is 1. The van der Waals surface area contributed by atoms with E-state index < -0.39 is 0 Å². The Bertz CT molecular complexity index is 559. The van der Waals surface area contributed by atoms with E-state index in [-0.39, 0.29) is 30.7 Å². The predicted molar refractivity (Wildman–Crippen MR) is 95.8 cm³/mol. The molecule has 0 aliphatic carbocycles. The molecule has 21 heavy (non-hydrogen) atoms. The van der Waals surface area contributed by atoms with Crippen molar-refractivity contribution in [3.8, 4) is 9.88 Å². The summed E-state index contributed by atoms with van der Waals surface area (Å²) in [6, 6.07) is 3.75. The fraction of sp³-hybridized carbons (Fsp3) is 0.333. The Hall–Kier alpha value is -0.370. The molecular formula is C12H16Cl3N3OS2. The smallest absolute Gasteiger partial charge is 0.270 e. The summed E-state index contributed by atoms with van der Waals surface area (Å²) in [6.07, 6.45) is 0.903. The van der Waals surface area contributed by atoms with E-state index in [0.29, 0.717) is 12.2 Å². The molecule has 0 radical (unpaired) electrons. The predicted octanol–water partition coefficient (Wildman–Crippen LogP) is 3.71. The Morgan fingerprint density at radius 3 is 2.71 bits per heavy atom. The normalized spacial score (nSPS) is 9.62. The summed E-state index contributed by atoms with van der Waals surface area (Å²) in [5.41, 5.74) is 0.467. The van der Waals surface area contributed by atoms with E-state index in [2.05, 4.69) is 15.6 Å². The quantitative estimate of drug-likeness (QED) is 0.742. The van der Waals surface area contributed by atoms with Crippen molar-refractivity contribution >= 4 is 65.0 Å². The van der Waals surface area contributed by atoms with Gasteiger partial charge in [-0.15, -0.1) is 47.5 Å². The lowest BCUT2D eigenvalue weighted by Crippen LogP contribution is -2.26. The van der Waals surface area contributed by atoms with Crippen LogP contribution >= 0.6 is 59.1 Å². The minimum absolute atomic E-state index is 0. The first kappa shape index (κ1) is 20.6. The first-order valence-electron chi connectivity index (χ1n) is 5.84. The Kier molecular flexibility index (Phi) is 10.2. The highest BCUT2D eigenvalue weighted by Crippen LogP contribution is 2.32. The summed E-state index contributed by atoms with van der Waals surface area (Å²) in [5, 5.41) is 8.48. The second kappa shape index (κ2) is 10.4. The zero-order valence-electron chi connectivity index (χ0n) is 11.2. The van der Waals surface area contributed by atoms with Crippen LogP contribution in [0, 0.1) is 0 Å². The van der Waals surface area contributed by atoms with Crippen LogP contribution in [0.5, 0.6) is 0 Å². The van der Waals surface area contributed by atoms with E-state index in [4.69, 9.17) is 11.6 Å². The van der Waals surface area contributed by atoms with Crippen molar-refractivity contribution in [2.24, 2.45) is 0 Å². The van der Waals surface area contributed by atoms with Crippen LogP contribution in [0.25, 0.3) is 9.88 Å². The van der Waals surface area contributed by atoms with E-state index in [1.54, 1.807) is 5.38 Å². The van der Waals surface area contributed by atoms with Crippen molar-refractivity contribution in [1.82, 2.24) is 15.6 Å². The van der Waals surface area contributed by atoms with Crippen LogP contribution in [-0.4, -0.2) is 31.0 Å². The van der Waals surface area contributed by atoms with E-state index in [1.807, 2.05) is 19.2 Å². The van der Waals surface area contributed by atoms with Crippen molar-refractivity contribution in [3.05, 3.63) is 27.5 Å².